The zero-order valence-corrected chi connectivity index (χ0v) is 18.2. The van der Waals surface area contributed by atoms with Gasteiger partial charge in [0.05, 0.1) is 13.2 Å². The van der Waals surface area contributed by atoms with E-state index in [-0.39, 0.29) is 0 Å². The molecule has 2 N–H and O–H groups in total. The van der Waals surface area contributed by atoms with E-state index in [9.17, 15) is 0 Å². The van der Waals surface area contributed by atoms with Gasteiger partial charge in [-0.3, -0.25) is 9.89 Å². The fraction of sp³-hybridized carbons (Fsp3) is 0.727. The molecule has 1 saturated heterocycles. The standard InChI is InChI=1S/C22H37N5O2/c1-17(2)20(27-10-12-28-13-11-27)16-26-22(23-3)25-15-18-8-9-21(24-14-18)29-19-6-4-5-7-19/h8-9,14,17,19-20H,4-7,10-13,15-16H2,1-3H3,(H2,23,25,26). The van der Waals surface area contributed by atoms with Crippen molar-refractivity contribution in [2.24, 2.45) is 10.9 Å². The van der Waals surface area contributed by atoms with Crippen LogP contribution in [0.5, 0.6) is 5.88 Å². The topological polar surface area (TPSA) is 71.0 Å². The van der Waals surface area contributed by atoms with Gasteiger partial charge in [-0.25, -0.2) is 4.98 Å². The number of aliphatic imine (C=N–C) groups is 1. The van der Waals surface area contributed by atoms with Crippen LogP contribution in [0.25, 0.3) is 0 Å². The molecule has 1 saturated carbocycles. The highest BCUT2D eigenvalue weighted by Gasteiger charge is 2.24. The summed E-state index contributed by atoms with van der Waals surface area (Å²) in [5, 5.41) is 6.88. The van der Waals surface area contributed by atoms with Gasteiger partial charge in [0.15, 0.2) is 5.96 Å². The minimum atomic E-state index is 0.342. The molecule has 29 heavy (non-hydrogen) atoms. The van der Waals surface area contributed by atoms with E-state index in [0.717, 1.165) is 63.1 Å². The second-order valence-corrected chi connectivity index (χ2v) is 8.30. The highest BCUT2D eigenvalue weighted by molar-refractivity contribution is 5.79. The summed E-state index contributed by atoms with van der Waals surface area (Å²) in [5.41, 5.74) is 1.11. The number of hydrogen-bond donors (Lipinski definition) is 2. The number of pyridine rings is 1. The number of rotatable bonds is 8. The number of morpholine rings is 1. The average molecular weight is 404 g/mol. The summed E-state index contributed by atoms with van der Waals surface area (Å²) in [7, 11) is 1.81. The van der Waals surface area contributed by atoms with Crippen molar-refractivity contribution in [3.8, 4) is 5.88 Å². The summed E-state index contributed by atoms with van der Waals surface area (Å²) >= 11 is 0. The zero-order valence-electron chi connectivity index (χ0n) is 18.2. The van der Waals surface area contributed by atoms with Crippen molar-refractivity contribution in [2.75, 3.05) is 39.9 Å². The fourth-order valence-corrected chi connectivity index (χ4v) is 4.07. The maximum absolute atomic E-state index is 5.94. The second-order valence-electron chi connectivity index (χ2n) is 8.30. The Bertz CT molecular complexity index is 623. The van der Waals surface area contributed by atoms with Gasteiger partial charge >= 0.3 is 0 Å². The molecule has 1 unspecified atom stereocenters. The fourth-order valence-electron chi connectivity index (χ4n) is 4.07. The molecule has 1 aliphatic heterocycles. The molecular formula is C22H37N5O2. The van der Waals surface area contributed by atoms with Crippen molar-refractivity contribution >= 4 is 5.96 Å². The molecule has 162 valence electrons. The van der Waals surface area contributed by atoms with Crippen molar-refractivity contribution in [3.05, 3.63) is 23.9 Å². The smallest absolute Gasteiger partial charge is 0.213 e. The number of ether oxygens (including phenoxy) is 2. The van der Waals surface area contributed by atoms with Gasteiger partial charge in [-0.15, -0.1) is 0 Å². The summed E-state index contributed by atoms with van der Waals surface area (Å²) in [5.74, 6) is 2.11. The van der Waals surface area contributed by atoms with Crippen molar-refractivity contribution in [1.29, 1.82) is 0 Å². The van der Waals surface area contributed by atoms with E-state index in [1.54, 1.807) is 0 Å². The summed E-state index contributed by atoms with van der Waals surface area (Å²) < 4.78 is 11.4. The van der Waals surface area contributed by atoms with Gasteiger partial charge in [-0.2, -0.15) is 0 Å². The summed E-state index contributed by atoms with van der Waals surface area (Å²) in [6.07, 6.45) is 7.05. The van der Waals surface area contributed by atoms with Crippen LogP contribution in [0.4, 0.5) is 0 Å². The minimum absolute atomic E-state index is 0.342. The third-order valence-electron chi connectivity index (χ3n) is 5.83. The van der Waals surface area contributed by atoms with Gasteiger partial charge in [0.25, 0.3) is 0 Å². The molecule has 0 amide bonds. The quantitative estimate of drug-likeness (QED) is 0.513. The predicted octanol–water partition coefficient (Wildman–Crippen LogP) is 2.42. The Hall–Kier alpha value is -1.86. The van der Waals surface area contributed by atoms with Crippen LogP contribution < -0.4 is 15.4 Å². The first-order chi connectivity index (χ1) is 14.2. The molecule has 1 aliphatic carbocycles. The molecular weight excluding hydrogens is 366 g/mol. The van der Waals surface area contributed by atoms with Gasteiger partial charge in [0.1, 0.15) is 6.10 Å². The van der Waals surface area contributed by atoms with Gasteiger partial charge in [-0.1, -0.05) is 19.9 Å². The van der Waals surface area contributed by atoms with Gasteiger partial charge in [-0.05, 0) is 37.2 Å². The Morgan fingerprint density at radius 3 is 2.62 bits per heavy atom. The van der Waals surface area contributed by atoms with Crippen LogP contribution in [0, 0.1) is 5.92 Å². The Morgan fingerprint density at radius 1 is 1.24 bits per heavy atom. The Morgan fingerprint density at radius 2 is 2.00 bits per heavy atom. The highest BCUT2D eigenvalue weighted by Crippen LogP contribution is 2.22. The van der Waals surface area contributed by atoms with Crippen LogP contribution in [0.2, 0.25) is 0 Å². The Labute approximate surface area is 175 Å². The van der Waals surface area contributed by atoms with E-state index in [0.29, 0.717) is 24.6 Å². The van der Waals surface area contributed by atoms with Crippen molar-refractivity contribution < 1.29 is 9.47 Å². The van der Waals surface area contributed by atoms with Gasteiger partial charge < -0.3 is 20.1 Å². The lowest BCUT2D eigenvalue weighted by atomic mass is 10.0. The van der Waals surface area contributed by atoms with Gasteiger partial charge in [0, 0.05) is 51.5 Å². The van der Waals surface area contributed by atoms with Crippen LogP contribution in [0.15, 0.2) is 23.3 Å². The maximum Gasteiger partial charge on any atom is 0.213 e. The predicted molar refractivity (Wildman–Crippen MR) is 116 cm³/mol. The molecule has 1 atom stereocenters. The van der Waals surface area contributed by atoms with E-state index < -0.39 is 0 Å². The second kappa shape index (κ2) is 11.4. The third kappa shape index (κ3) is 6.85. The van der Waals surface area contributed by atoms with Crippen LogP contribution >= 0.6 is 0 Å². The van der Waals surface area contributed by atoms with Crippen molar-refractivity contribution in [2.45, 2.75) is 58.2 Å². The van der Waals surface area contributed by atoms with Gasteiger partial charge in [0.2, 0.25) is 5.88 Å². The van der Waals surface area contributed by atoms with Crippen molar-refractivity contribution in [3.63, 3.8) is 0 Å². The van der Waals surface area contributed by atoms with Crippen LogP contribution in [-0.4, -0.2) is 67.9 Å². The Balaban J connectivity index is 1.44. The first-order valence-electron chi connectivity index (χ1n) is 11.0. The van der Waals surface area contributed by atoms with Crippen LogP contribution in [0.1, 0.15) is 45.1 Å². The SMILES string of the molecule is CN=C(NCc1ccc(OC2CCCC2)nc1)NCC(C(C)C)N1CCOCC1. The molecule has 1 aromatic rings. The molecule has 7 heteroatoms. The molecule has 2 heterocycles. The molecule has 2 aliphatic rings. The molecule has 2 fully saturated rings. The molecule has 0 radical (unpaired) electrons. The molecule has 0 aromatic carbocycles. The number of nitrogens with zero attached hydrogens (tertiary/aromatic N) is 3. The van der Waals surface area contributed by atoms with E-state index in [4.69, 9.17) is 9.47 Å². The normalized spacial score (nSPS) is 20.1. The van der Waals surface area contributed by atoms with E-state index >= 15 is 0 Å². The van der Waals surface area contributed by atoms with Crippen molar-refractivity contribution in [1.82, 2.24) is 20.5 Å². The molecule has 0 spiro atoms. The maximum atomic E-state index is 5.94. The number of aromatic nitrogens is 1. The molecule has 7 nitrogen and oxygen atoms in total. The lowest BCUT2D eigenvalue weighted by Gasteiger charge is -2.37. The van der Waals surface area contributed by atoms with E-state index in [2.05, 4.69) is 45.4 Å². The Kier molecular flexibility index (Phi) is 8.55. The first-order valence-corrected chi connectivity index (χ1v) is 11.0. The van der Waals surface area contributed by atoms with Crippen LogP contribution in [-0.2, 0) is 11.3 Å². The van der Waals surface area contributed by atoms with E-state index in [1.165, 1.54) is 12.8 Å². The molecule has 1 aromatic heterocycles. The minimum Gasteiger partial charge on any atom is -0.474 e. The molecule has 0 bridgehead atoms. The zero-order chi connectivity index (χ0) is 20.5. The lowest BCUT2D eigenvalue weighted by Crippen LogP contribution is -2.52. The third-order valence-corrected chi connectivity index (χ3v) is 5.83. The monoisotopic (exact) mass is 403 g/mol. The first kappa shape index (κ1) is 21.8. The lowest BCUT2D eigenvalue weighted by molar-refractivity contribution is 0.00752. The number of guanidine groups is 1. The largest absolute Gasteiger partial charge is 0.474 e. The average Bonchev–Trinajstić information content (AvgIpc) is 3.25. The summed E-state index contributed by atoms with van der Waals surface area (Å²) in [4.78, 5) is 11.4. The number of nitrogens with one attached hydrogen (secondary N) is 2. The number of hydrogen-bond acceptors (Lipinski definition) is 5. The van der Waals surface area contributed by atoms with E-state index in [1.807, 2.05) is 19.3 Å². The summed E-state index contributed by atoms with van der Waals surface area (Å²) in [6, 6.07) is 4.51. The summed E-state index contributed by atoms with van der Waals surface area (Å²) in [6.45, 7) is 9.74. The van der Waals surface area contributed by atoms with Crippen LogP contribution in [0.3, 0.4) is 0 Å². The molecule has 3 rings (SSSR count). The highest BCUT2D eigenvalue weighted by atomic mass is 16.5.